The first-order valence-electron chi connectivity index (χ1n) is 14.0. The molecule has 1 amide bonds. The van der Waals surface area contributed by atoms with Crippen molar-refractivity contribution >= 4 is 51.0 Å². The second kappa shape index (κ2) is 16.8. The van der Waals surface area contributed by atoms with E-state index in [-0.39, 0.29) is 0 Å². The lowest BCUT2D eigenvalue weighted by Crippen LogP contribution is -2.65. The Balaban J connectivity index is 1.73. The molecule has 0 radical (unpaired) electrons. The largest absolute Gasteiger partial charge is 0.479 e. The first-order valence-corrected chi connectivity index (χ1v) is 18.4. The van der Waals surface area contributed by atoms with E-state index in [1.54, 1.807) is 0 Å². The van der Waals surface area contributed by atoms with Crippen molar-refractivity contribution in [3.05, 3.63) is 33.1 Å². The molecule has 276 valence electrons. The molecule has 6 N–H and O–H groups in total. The molecule has 1 aromatic heterocycles. The van der Waals surface area contributed by atoms with Gasteiger partial charge in [0.1, 0.15) is 42.5 Å². The number of hydrogen-bond acceptors (Lipinski definition) is 18. The zero-order valence-electron chi connectivity index (χ0n) is 26.1. The molecule has 49 heavy (non-hydrogen) atoms. The standard InChI is InChI=1S/C24H35N3O19P2S/c1-10(28)25-17-21(43-13(4)31)20(42-12(3)30)15(7-40-11(2)29)45-23(17)49-9-47(36,37)46-48(38,39)41-8-14-18(33)19(34)22(44-14)27-6-5-16(32)26-24(27)35/h5-6,14-15,17-23,33-34H,7-9H2,1-4H3,(H,25,28)(H,36,37)(H,38,39)(H,26,32,35)/t14-,15-,17-,18-,19-,20-,21-,22-,23-/m1/s1. The van der Waals surface area contributed by atoms with E-state index in [0.29, 0.717) is 11.8 Å². The Bertz CT molecular complexity index is 1600. The van der Waals surface area contributed by atoms with Gasteiger partial charge in [-0.3, -0.25) is 42.6 Å². The fourth-order valence-corrected chi connectivity index (χ4v) is 9.12. The molecule has 3 rings (SSSR count). The molecular weight excluding hydrogens is 728 g/mol. The molecule has 2 aliphatic rings. The Morgan fingerprint density at radius 2 is 1.57 bits per heavy atom. The molecule has 2 aliphatic heterocycles. The number of carbonyl (C=O) groups excluding carboxylic acids is 4. The van der Waals surface area contributed by atoms with Crippen LogP contribution in [0.4, 0.5) is 0 Å². The maximum absolute atomic E-state index is 12.9. The van der Waals surface area contributed by atoms with Gasteiger partial charge < -0.3 is 49.0 Å². The maximum atomic E-state index is 12.9. The summed E-state index contributed by atoms with van der Waals surface area (Å²) in [6, 6.07) is -0.428. The van der Waals surface area contributed by atoms with Crippen LogP contribution in [0.25, 0.3) is 0 Å². The van der Waals surface area contributed by atoms with Gasteiger partial charge in [-0.1, -0.05) is 0 Å². The molecule has 22 nitrogen and oxygen atoms in total. The van der Waals surface area contributed by atoms with Gasteiger partial charge in [0.05, 0.1) is 12.1 Å². The molecule has 25 heteroatoms. The number of hydrogen-bond donors (Lipinski definition) is 6. The van der Waals surface area contributed by atoms with Gasteiger partial charge in [0.25, 0.3) is 5.56 Å². The SMILES string of the molecule is CC(=O)N[C@@H]1[C@@H](OC(C)=O)[C@H](OC(C)=O)[C@@H](COC(C)=O)O[C@@H]1SCP(=O)(O)OP(=O)(O)OC[C@H]1O[C@@H](n2ccc(=O)[nH]c2=O)[C@H](O)[C@@H]1O. The monoisotopic (exact) mass is 763 g/mol. The molecule has 2 saturated heterocycles. The van der Waals surface area contributed by atoms with Crippen LogP contribution in [0.3, 0.4) is 0 Å². The van der Waals surface area contributed by atoms with Crippen LogP contribution in [0.1, 0.15) is 33.9 Å². The summed E-state index contributed by atoms with van der Waals surface area (Å²) >= 11 is 0.439. The van der Waals surface area contributed by atoms with E-state index in [9.17, 15) is 57.9 Å². The van der Waals surface area contributed by atoms with E-state index in [1.165, 1.54) is 0 Å². The third-order valence-electron chi connectivity index (χ3n) is 6.57. The molecule has 0 spiro atoms. The Morgan fingerprint density at radius 1 is 0.939 bits per heavy atom. The van der Waals surface area contributed by atoms with Crippen molar-refractivity contribution in [2.24, 2.45) is 0 Å². The quantitative estimate of drug-likeness (QED) is 0.0666. The maximum Gasteiger partial charge on any atom is 0.479 e. The summed E-state index contributed by atoms with van der Waals surface area (Å²) in [7, 11) is -10.5. The van der Waals surface area contributed by atoms with Crippen molar-refractivity contribution in [1.82, 2.24) is 14.9 Å². The van der Waals surface area contributed by atoms with Crippen molar-refractivity contribution in [2.45, 2.75) is 82.0 Å². The normalized spacial score (nSPS) is 30.7. The van der Waals surface area contributed by atoms with Gasteiger partial charge in [-0.25, -0.2) is 13.7 Å². The highest BCUT2D eigenvalue weighted by Crippen LogP contribution is 2.61. The van der Waals surface area contributed by atoms with Crippen LogP contribution in [0.5, 0.6) is 0 Å². The zero-order chi connectivity index (χ0) is 36.8. The van der Waals surface area contributed by atoms with Crippen molar-refractivity contribution in [1.29, 1.82) is 0 Å². The molecule has 3 heterocycles. The number of amides is 1. The van der Waals surface area contributed by atoms with Crippen LogP contribution in [0, 0.1) is 0 Å². The van der Waals surface area contributed by atoms with Gasteiger partial charge in [-0.2, -0.15) is 0 Å². The van der Waals surface area contributed by atoms with Crippen molar-refractivity contribution in [2.75, 3.05) is 18.7 Å². The number of aromatic amines is 1. The molecule has 1 aromatic rings. The van der Waals surface area contributed by atoms with E-state index >= 15 is 0 Å². The molecule has 2 unspecified atom stereocenters. The van der Waals surface area contributed by atoms with Crippen LogP contribution < -0.4 is 16.6 Å². The summed E-state index contributed by atoms with van der Waals surface area (Å²) in [6.07, 6.45) is -9.97. The second-order valence-corrected chi connectivity index (χ2v) is 15.5. The van der Waals surface area contributed by atoms with Crippen LogP contribution >= 0.6 is 27.2 Å². The zero-order valence-corrected chi connectivity index (χ0v) is 28.7. The number of rotatable bonds is 14. The summed E-state index contributed by atoms with van der Waals surface area (Å²) in [4.78, 5) is 93.4. The third kappa shape index (κ3) is 11.5. The highest BCUT2D eigenvalue weighted by atomic mass is 32.2. The van der Waals surface area contributed by atoms with Crippen LogP contribution in [0.2, 0.25) is 0 Å². The van der Waals surface area contributed by atoms with Gasteiger partial charge in [0.15, 0.2) is 18.4 Å². The van der Waals surface area contributed by atoms with Gasteiger partial charge >= 0.3 is 39.0 Å². The first-order chi connectivity index (χ1) is 22.7. The minimum atomic E-state index is -5.43. The lowest BCUT2D eigenvalue weighted by atomic mass is 9.97. The molecule has 0 aliphatic carbocycles. The first kappa shape index (κ1) is 40.5. The molecule has 0 aromatic carbocycles. The third-order valence-corrected chi connectivity index (χ3v) is 11.5. The molecule has 2 fully saturated rings. The Hall–Kier alpha value is -2.95. The van der Waals surface area contributed by atoms with E-state index in [4.69, 9.17) is 28.2 Å². The van der Waals surface area contributed by atoms with Crippen LogP contribution in [0.15, 0.2) is 21.9 Å². The van der Waals surface area contributed by atoms with E-state index in [2.05, 4.69) is 9.63 Å². The highest BCUT2D eigenvalue weighted by Gasteiger charge is 2.52. The number of esters is 3. The number of nitrogens with zero attached hydrogens (tertiary/aromatic N) is 1. The number of phosphoric acid groups is 1. The number of H-pyrrole nitrogens is 1. The van der Waals surface area contributed by atoms with Gasteiger partial charge in [0, 0.05) is 40.0 Å². The summed E-state index contributed by atoms with van der Waals surface area (Å²) < 4.78 is 62.2. The average molecular weight is 764 g/mol. The van der Waals surface area contributed by atoms with Gasteiger partial charge in [-0.15, -0.1) is 11.8 Å². The summed E-state index contributed by atoms with van der Waals surface area (Å²) in [5.74, 6) is -3.20. The average Bonchev–Trinajstić information content (AvgIpc) is 3.24. The summed E-state index contributed by atoms with van der Waals surface area (Å²) in [6.45, 7) is 2.66. The molecule has 11 atom stereocenters. The highest BCUT2D eigenvalue weighted by molar-refractivity contribution is 8.05. The number of ether oxygens (including phenoxy) is 5. The Morgan fingerprint density at radius 3 is 2.14 bits per heavy atom. The number of thioether (sulfide) groups is 1. The lowest BCUT2D eigenvalue weighted by Gasteiger charge is -2.45. The fraction of sp³-hybridized carbons (Fsp3) is 0.667. The topological polar surface area (TPSA) is 315 Å². The van der Waals surface area contributed by atoms with Crippen LogP contribution in [-0.4, -0.2) is 120 Å². The summed E-state index contributed by atoms with van der Waals surface area (Å²) in [5, 5.41) is 23.1. The number of aromatic nitrogens is 2. The number of nitrogens with one attached hydrogen (secondary N) is 2. The Kier molecular flexibility index (Phi) is 13.9. The minimum Gasteiger partial charge on any atom is -0.463 e. The fourth-order valence-electron chi connectivity index (χ4n) is 4.70. The van der Waals surface area contributed by atoms with Gasteiger partial charge in [-0.05, 0) is 0 Å². The lowest BCUT2D eigenvalue weighted by molar-refractivity contribution is -0.211. The molecular formula is C24H35N3O19P2S. The smallest absolute Gasteiger partial charge is 0.463 e. The minimum absolute atomic E-state index is 0.439. The van der Waals surface area contributed by atoms with Crippen LogP contribution in [-0.2, 0) is 60.8 Å². The number of carbonyl (C=O) groups is 4. The number of aliphatic hydroxyl groups excluding tert-OH is 2. The van der Waals surface area contributed by atoms with E-state index < -0.39 is 124 Å². The number of phosphoric ester groups is 1. The van der Waals surface area contributed by atoms with Crippen molar-refractivity contribution in [3.8, 4) is 0 Å². The van der Waals surface area contributed by atoms with Crippen molar-refractivity contribution in [3.63, 3.8) is 0 Å². The molecule has 0 saturated carbocycles. The van der Waals surface area contributed by atoms with E-state index in [0.717, 1.165) is 44.5 Å². The number of aliphatic hydroxyl groups is 2. The van der Waals surface area contributed by atoms with Gasteiger partial charge in [0.2, 0.25) is 5.91 Å². The predicted octanol–water partition coefficient (Wildman–Crippen LogP) is -2.18. The van der Waals surface area contributed by atoms with Crippen molar-refractivity contribution < 1.29 is 80.8 Å². The summed E-state index contributed by atoms with van der Waals surface area (Å²) in [5.41, 5.74) is -4.19. The Labute approximate surface area is 280 Å². The van der Waals surface area contributed by atoms with E-state index in [1.807, 2.05) is 4.98 Å². The predicted molar refractivity (Wildman–Crippen MR) is 160 cm³/mol. The molecule has 0 bridgehead atoms. The second-order valence-electron chi connectivity index (χ2n) is 10.6.